The second-order valence-corrected chi connectivity index (χ2v) is 11.7. The molecule has 4 saturated carbocycles. The zero-order valence-corrected chi connectivity index (χ0v) is 16.9. The molecular weight excluding hydrogens is 323 g/mol. The Bertz CT molecular complexity index is 486. The molecule has 0 radical (unpaired) electrons. The fourth-order valence-electron chi connectivity index (χ4n) is 7.50. The third-order valence-electron chi connectivity index (χ3n) is 9.11. The molecule has 0 N–H and O–H groups in total. The Kier molecular flexibility index (Phi) is 3.91. The van der Waals surface area contributed by atoms with Crippen LogP contribution in [0.3, 0.4) is 0 Å². The molecule has 8 atom stereocenters. The first-order chi connectivity index (χ1) is 10.7. The first-order valence-corrected chi connectivity index (χ1v) is 10.8. The third-order valence-corrected chi connectivity index (χ3v) is 10.6. The Hall–Kier alpha value is 0.580. The Morgan fingerprint density at radius 3 is 2.30 bits per heavy atom. The summed E-state index contributed by atoms with van der Waals surface area (Å²) >= 11 is 14.4. The van der Waals surface area contributed by atoms with Gasteiger partial charge in [-0.25, -0.2) is 0 Å². The lowest BCUT2D eigenvalue weighted by Gasteiger charge is -2.62. The normalized spacial score (nSPS) is 58.2. The van der Waals surface area contributed by atoms with E-state index in [1.807, 2.05) is 0 Å². The maximum Gasteiger partial charge on any atom is 0.0529 e. The summed E-state index contributed by atoms with van der Waals surface area (Å²) in [4.78, 5) is 0.00641. The Balaban J connectivity index is 1.68. The van der Waals surface area contributed by atoms with E-state index in [2.05, 4.69) is 27.7 Å². The number of fused-ring (bicyclic) bond motifs is 5. The first-order valence-electron chi connectivity index (χ1n) is 10.0. The van der Waals surface area contributed by atoms with Gasteiger partial charge in [-0.2, -0.15) is 0 Å². The topological polar surface area (TPSA) is 0 Å². The van der Waals surface area contributed by atoms with Gasteiger partial charge in [0.25, 0.3) is 0 Å². The van der Waals surface area contributed by atoms with Gasteiger partial charge < -0.3 is 0 Å². The lowest BCUT2D eigenvalue weighted by molar-refractivity contribution is -0.0911. The summed E-state index contributed by atoms with van der Waals surface area (Å²) in [6.07, 6.45) is 10.6. The first kappa shape index (κ1) is 17.0. The van der Waals surface area contributed by atoms with Crippen LogP contribution in [0.4, 0.5) is 0 Å². The van der Waals surface area contributed by atoms with Gasteiger partial charge in [-0.05, 0) is 85.4 Å². The quantitative estimate of drug-likeness (QED) is 0.415. The molecule has 4 aliphatic rings. The Morgan fingerprint density at radius 1 is 0.870 bits per heavy atom. The van der Waals surface area contributed by atoms with Crippen molar-refractivity contribution >= 4 is 23.2 Å². The van der Waals surface area contributed by atoms with Crippen molar-refractivity contribution < 1.29 is 0 Å². The summed E-state index contributed by atoms with van der Waals surface area (Å²) in [6.45, 7) is 9.86. The molecule has 0 nitrogen and oxygen atoms in total. The average Bonchev–Trinajstić information content (AvgIpc) is 2.72. The van der Waals surface area contributed by atoms with Crippen LogP contribution in [0.25, 0.3) is 0 Å². The SMILES string of the molecule is C[C@H]1CC[C@@]2(C)C(C1)C[C@@H](Cl)C1C2CC[C@@]2(Cl)C1CCC2(C)C. The standard InChI is InChI=1S/C21H34Cl2/c1-13-5-9-20(4)14(11-13)12-17(22)18-15(20)7-10-21(23)16(18)6-8-19(21,2)3/h13-18H,5-12H2,1-4H3/t13-,14?,15?,16?,17+,18?,20-,21+/m0/s1. The fourth-order valence-corrected chi connectivity index (χ4v) is 8.53. The Morgan fingerprint density at radius 2 is 1.57 bits per heavy atom. The van der Waals surface area contributed by atoms with Crippen LogP contribution in [0.15, 0.2) is 0 Å². The number of halogens is 2. The van der Waals surface area contributed by atoms with Crippen LogP contribution in [0.1, 0.15) is 79.1 Å². The highest BCUT2D eigenvalue weighted by Crippen LogP contribution is 2.69. The molecule has 23 heavy (non-hydrogen) atoms. The predicted octanol–water partition coefficient (Wildman–Crippen LogP) is 6.88. The van der Waals surface area contributed by atoms with E-state index in [-0.39, 0.29) is 10.3 Å². The summed E-state index contributed by atoms with van der Waals surface area (Å²) in [6, 6.07) is 0. The number of alkyl halides is 2. The van der Waals surface area contributed by atoms with Gasteiger partial charge in [-0.1, -0.05) is 34.1 Å². The van der Waals surface area contributed by atoms with E-state index in [4.69, 9.17) is 23.2 Å². The number of rotatable bonds is 0. The maximum absolute atomic E-state index is 7.33. The highest BCUT2D eigenvalue weighted by molar-refractivity contribution is 6.25. The summed E-state index contributed by atoms with van der Waals surface area (Å²) in [5.74, 6) is 3.89. The van der Waals surface area contributed by atoms with Crippen LogP contribution in [0, 0.1) is 40.4 Å². The van der Waals surface area contributed by atoms with Gasteiger partial charge in [0.1, 0.15) is 0 Å². The van der Waals surface area contributed by atoms with Gasteiger partial charge in [0.05, 0.1) is 4.87 Å². The second kappa shape index (κ2) is 5.29. The van der Waals surface area contributed by atoms with Crippen LogP contribution in [-0.2, 0) is 0 Å². The van der Waals surface area contributed by atoms with Crippen molar-refractivity contribution in [1.29, 1.82) is 0 Å². The molecule has 0 aliphatic heterocycles. The van der Waals surface area contributed by atoms with Gasteiger partial charge in [0.2, 0.25) is 0 Å². The zero-order valence-electron chi connectivity index (χ0n) is 15.4. The minimum atomic E-state index is 0.00641. The summed E-state index contributed by atoms with van der Waals surface area (Å²) in [7, 11) is 0. The van der Waals surface area contributed by atoms with E-state index in [0.717, 1.165) is 17.8 Å². The van der Waals surface area contributed by atoms with Crippen molar-refractivity contribution in [3.05, 3.63) is 0 Å². The molecule has 132 valence electrons. The molecule has 0 aromatic rings. The van der Waals surface area contributed by atoms with E-state index in [1.54, 1.807) is 0 Å². The summed E-state index contributed by atoms with van der Waals surface area (Å²) in [5.41, 5.74) is 0.813. The van der Waals surface area contributed by atoms with Crippen molar-refractivity contribution in [2.75, 3.05) is 0 Å². The summed E-state index contributed by atoms with van der Waals surface area (Å²) in [5, 5.41) is 0.362. The zero-order chi connectivity index (χ0) is 16.6. The fraction of sp³-hybridized carbons (Fsp3) is 1.00. The molecule has 0 amide bonds. The maximum atomic E-state index is 7.33. The minimum Gasteiger partial charge on any atom is -0.123 e. The molecule has 4 rings (SSSR count). The molecular formula is C21H34Cl2. The summed E-state index contributed by atoms with van der Waals surface area (Å²) < 4.78 is 0. The number of hydrogen-bond acceptors (Lipinski definition) is 0. The number of hydrogen-bond donors (Lipinski definition) is 0. The van der Waals surface area contributed by atoms with Gasteiger partial charge in [0.15, 0.2) is 0 Å². The molecule has 2 heteroatoms. The molecule has 0 spiro atoms. The molecule has 0 bridgehead atoms. The lowest BCUT2D eigenvalue weighted by atomic mass is 9.45. The monoisotopic (exact) mass is 356 g/mol. The van der Waals surface area contributed by atoms with E-state index < -0.39 is 0 Å². The molecule has 4 aliphatic carbocycles. The molecule has 0 heterocycles. The van der Waals surface area contributed by atoms with Crippen LogP contribution >= 0.6 is 23.2 Å². The van der Waals surface area contributed by atoms with Crippen molar-refractivity contribution in [1.82, 2.24) is 0 Å². The van der Waals surface area contributed by atoms with E-state index in [0.29, 0.717) is 22.6 Å². The third kappa shape index (κ3) is 2.22. The van der Waals surface area contributed by atoms with Crippen molar-refractivity contribution in [3.8, 4) is 0 Å². The van der Waals surface area contributed by atoms with Crippen LogP contribution in [0.2, 0.25) is 0 Å². The van der Waals surface area contributed by atoms with Crippen LogP contribution in [-0.4, -0.2) is 10.3 Å². The highest BCUT2D eigenvalue weighted by atomic mass is 35.5. The van der Waals surface area contributed by atoms with Gasteiger partial charge in [-0.3, -0.25) is 0 Å². The van der Waals surface area contributed by atoms with E-state index in [9.17, 15) is 0 Å². The van der Waals surface area contributed by atoms with Crippen LogP contribution in [0.5, 0.6) is 0 Å². The van der Waals surface area contributed by atoms with E-state index in [1.165, 1.54) is 51.4 Å². The van der Waals surface area contributed by atoms with Gasteiger partial charge >= 0.3 is 0 Å². The highest BCUT2D eigenvalue weighted by Gasteiger charge is 2.65. The van der Waals surface area contributed by atoms with E-state index >= 15 is 0 Å². The van der Waals surface area contributed by atoms with Gasteiger partial charge in [-0.15, -0.1) is 23.2 Å². The lowest BCUT2D eigenvalue weighted by Crippen LogP contribution is -2.59. The Labute approximate surface area is 153 Å². The minimum absolute atomic E-state index is 0.00641. The van der Waals surface area contributed by atoms with Gasteiger partial charge in [0, 0.05) is 5.38 Å². The average molecular weight is 357 g/mol. The van der Waals surface area contributed by atoms with Crippen LogP contribution < -0.4 is 0 Å². The largest absolute Gasteiger partial charge is 0.123 e. The molecule has 4 fully saturated rings. The van der Waals surface area contributed by atoms with Crippen molar-refractivity contribution in [3.63, 3.8) is 0 Å². The second-order valence-electron chi connectivity index (χ2n) is 10.4. The smallest absolute Gasteiger partial charge is 0.0529 e. The molecule has 4 unspecified atom stereocenters. The van der Waals surface area contributed by atoms with Crippen molar-refractivity contribution in [2.45, 2.75) is 89.3 Å². The predicted molar refractivity (Wildman–Crippen MR) is 100 cm³/mol. The molecule has 0 saturated heterocycles. The molecule has 0 aromatic heterocycles. The van der Waals surface area contributed by atoms with Crippen molar-refractivity contribution in [2.24, 2.45) is 40.4 Å². The molecule has 0 aromatic carbocycles.